The summed E-state index contributed by atoms with van der Waals surface area (Å²) in [5.74, 6) is 0.480. The highest BCUT2D eigenvalue weighted by Gasteiger charge is 2.20. The lowest BCUT2D eigenvalue weighted by Gasteiger charge is -2.23. The van der Waals surface area contributed by atoms with E-state index < -0.39 is 0 Å². The Morgan fingerprint density at radius 3 is 2.37 bits per heavy atom. The van der Waals surface area contributed by atoms with Gasteiger partial charge in [-0.1, -0.05) is 43.3 Å². The van der Waals surface area contributed by atoms with Crippen LogP contribution in [0.4, 0.5) is 5.82 Å². The van der Waals surface area contributed by atoms with Crippen molar-refractivity contribution in [2.24, 2.45) is 0 Å². The first kappa shape index (κ1) is 21.0. The molecular weight excluding hydrogens is 380 g/mol. The van der Waals surface area contributed by atoms with Crippen LogP contribution in [0.25, 0.3) is 0 Å². The summed E-state index contributed by atoms with van der Waals surface area (Å²) in [7, 11) is 0. The fraction of sp³-hybridized carbons (Fsp3) is 0.208. The van der Waals surface area contributed by atoms with Crippen LogP contribution in [0.3, 0.4) is 0 Å². The van der Waals surface area contributed by atoms with E-state index in [1.165, 1.54) is 0 Å². The monoisotopic (exact) mass is 404 g/mol. The van der Waals surface area contributed by atoms with Crippen molar-refractivity contribution in [3.63, 3.8) is 0 Å². The zero-order valence-corrected chi connectivity index (χ0v) is 17.0. The van der Waals surface area contributed by atoms with Crippen LogP contribution in [-0.4, -0.2) is 23.5 Å². The quantitative estimate of drug-likeness (QED) is 0.430. The molecule has 1 unspecified atom stereocenters. The molecule has 0 amide bonds. The smallest absolute Gasteiger partial charge is 0.338 e. The minimum atomic E-state index is -0.365. The maximum Gasteiger partial charge on any atom is 0.338 e. The van der Waals surface area contributed by atoms with Crippen LogP contribution in [-0.2, 0) is 9.53 Å². The zero-order chi connectivity index (χ0) is 21.3. The zero-order valence-electron chi connectivity index (χ0n) is 17.0. The number of nitrogens with one attached hydrogen (secondary N) is 1. The fourth-order valence-electron chi connectivity index (χ4n) is 2.97. The first-order chi connectivity index (χ1) is 14.6. The fourth-order valence-corrected chi connectivity index (χ4v) is 2.97. The lowest BCUT2D eigenvalue weighted by atomic mass is 9.96. The summed E-state index contributed by atoms with van der Waals surface area (Å²) < 4.78 is 10.6. The molecule has 0 aliphatic heterocycles. The van der Waals surface area contributed by atoms with Gasteiger partial charge in [0.1, 0.15) is 11.6 Å². The van der Waals surface area contributed by atoms with Gasteiger partial charge in [-0.15, -0.1) is 0 Å². The Kier molecular flexibility index (Phi) is 7.16. The molecule has 154 valence electrons. The van der Waals surface area contributed by atoms with Crippen LogP contribution in [0.5, 0.6) is 5.75 Å². The van der Waals surface area contributed by atoms with Gasteiger partial charge in [0.25, 0.3) is 0 Å². The molecule has 3 aromatic rings. The van der Waals surface area contributed by atoms with Crippen molar-refractivity contribution in [2.75, 3.05) is 11.9 Å². The molecule has 0 saturated carbocycles. The molecule has 0 aliphatic carbocycles. The number of aromatic nitrogens is 1. The van der Waals surface area contributed by atoms with E-state index >= 15 is 0 Å². The summed E-state index contributed by atoms with van der Waals surface area (Å²) in [6.45, 7) is 3.84. The lowest BCUT2D eigenvalue weighted by Crippen LogP contribution is -2.16. The van der Waals surface area contributed by atoms with Crippen molar-refractivity contribution in [1.29, 1.82) is 0 Å². The second kappa shape index (κ2) is 10.2. The summed E-state index contributed by atoms with van der Waals surface area (Å²) in [6, 6.07) is 19.8. The van der Waals surface area contributed by atoms with E-state index in [-0.39, 0.29) is 24.4 Å². The maximum atomic E-state index is 12.0. The number of pyridine rings is 1. The molecule has 0 radical (unpaired) electrons. The van der Waals surface area contributed by atoms with Gasteiger partial charge >= 0.3 is 11.9 Å². The summed E-state index contributed by atoms with van der Waals surface area (Å²) in [6.07, 6.45) is 1.98. The Morgan fingerprint density at radius 2 is 1.70 bits per heavy atom. The van der Waals surface area contributed by atoms with Crippen LogP contribution in [0.2, 0.25) is 0 Å². The largest absolute Gasteiger partial charge is 0.462 e. The molecule has 1 heterocycles. The van der Waals surface area contributed by atoms with Gasteiger partial charge in [-0.05, 0) is 42.8 Å². The van der Waals surface area contributed by atoms with Gasteiger partial charge in [0.15, 0.2) is 0 Å². The van der Waals surface area contributed by atoms with Gasteiger partial charge in [-0.2, -0.15) is 0 Å². The molecule has 0 aliphatic rings. The lowest BCUT2D eigenvalue weighted by molar-refractivity contribution is -0.134. The number of esters is 2. The van der Waals surface area contributed by atoms with E-state index in [0.29, 0.717) is 23.7 Å². The van der Waals surface area contributed by atoms with Crippen LogP contribution < -0.4 is 10.1 Å². The summed E-state index contributed by atoms with van der Waals surface area (Å²) in [4.78, 5) is 28.3. The number of para-hydroxylation sites is 1. The SMILES string of the molecule is CCOC(=O)c1ccc(C(Nc2ccccn2)c2ccccc2OC(=O)CC)cc1. The van der Waals surface area contributed by atoms with E-state index in [2.05, 4.69) is 10.3 Å². The molecule has 1 N–H and O–H groups in total. The second-order valence-corrected chi connectivity index (χ2v) is 6.50. The Hall–Kier alpha value is -3.67. The molecule has 0 bridgehead atoms. The van der Waals surface area contributed by atoms with Crippen LogP contribution in [0.15, 0.2) is 72.9 Å². The molecule has 3 rings (SSSR count). The van der Waals surface area contributed by atoms with Gasteiger partial charge in [0, 0.05) is 18.2 Å². The highest BCUT2D eigenvalue weighted by molar-refractivity contribution is 5.89. The van der Waals surface area contributed by atoms with Crippen molar-refractivity contribution in [2.45, 2.75) is 26.3 Å². The van der Waals surface area contributed by atoms with Gasteiger partial charge in [-0.3, -0.25) is 4.79 Å². The third-order valence-corrected chi connectivity index (χ3v) is 4.45. The standard InChI is InChI=1S/C24H24N2O4/c1-3-22(27)30-20-10-6-5-9-19(20)23(26-21-11-7-8-16-25-21)17-12-14-18(15-13-17)24(28)29-4-2/h5-16,23H,3-4H2,1-2H3,(H,25,26). The molecular formula is C24H24N2O4. The molecule has 1 aromatic heterocycles. The Balaban J connectivity index is 2.00. The summed E-state index contributed by atoms with van der Waals surface area (Å²) >= 11 is 0. The summed E-state index contributed by atoms with van der Waals surface area (Å²) in [5, 5.41) is 3.40. The number of ether oxygens (including phenoxy) is 2. The average molecular weight is 404 g/mol. The number of carbonyl (C=O) groups is 2. The molecule has 6 heteroatoms. The highest BCUT2D eigenvalue weighted by Crippen LogP contribution is 2.33. The predicted octanol–water partition coefficient (Wildman–Crippen LogP) is 4.78. The highest BCUT2D eigenvalue weighted by atomic mass is 16.5. The molecule has 2 aromatic carbocycles. The number of rotatable bonds is 8. The normalized spacial score (nSPS) is 11.4. The topological polar surface area (TPSA) is 77.5 Å². The third-order valence-electron chi connectivity index (χ3n) is 4.45. The number of nitrogens with zero attached hydrogens (tertiary/aromatic N) is 1. The molecule has 0 saturated heterocycles. The minimum absolute atomic E-state index is 0.279. The Labute approximate surface area is 175 Å². The molecule has 6 nitrogen and oxygen atoms in total. The Bertz CT molecular complexity index is 988. The number of anilines is 1. The van der Waals surface area contributed by atoms with Crippen molar-refractivity contribution >= 4 is 17.8 Å². The van der Waals surface area contributed by atoms with Crippen molar-refractivity contribution in [1.82, 2.24) is 4.98 Å². The van der Waals surface area contributed by atoms with Gasteiger partial charge in [-0.25, -0.2) is 9.78 Å². The molecule has 0 spiro atoms. The molecule has 30 heavy (non-hydrogen) atoms. The number of carbonyl (C=O) groups excluding carboxylic acids is 2. The average Bonchev–Trinajstić information content (AvgIpc) is 2.79. The van der Waals surface area contributed by atoms with Crippen molar-refractivity contribution in [3.05, 3.63) is 89.6 Å². The molecule has 1 atom stereocenters. The van der Waals surface area contributed by atoms with Crippen LogP contribution in [0.1, 0.15) is 47.8 Å². The minimum Gasteiger partial charge on any atom is -0.462 e. The first-order valence-electron chi connectivity index (χ1n) is 9.86. The van der Waals surface area contributed by atoms with E-state index in [1.807, 2.05) is 48.5 Å². The van der Waals surface area contributed by atoms with E-state index in [1.54, 1.807) is 38.2 Å². The second-order valence-electron chi connectivity index (χ2n) is 6.50. The number of benzene rings is 2. The summed E-state index contributed by atoms with van der Waals surface area (Å²) in [5.41, 5.74) is 2.14. The van der Waals surface area contributed by atoms with Crippen LogP contribution in [0, 0.1) is 0 Å². The number of hydrogen-bond donors (Lipinski definition) is 1. The maximum absolute atomic E-state index is 12.0. The van der Waals surface area contributed by atoms with Crippen molar-refractivity contribution in [3.8, 4) is 5.75 Å². The third kappa shape index (κ3) is 5.23. The van der Waals surface area contributed by atoms with Crippen molar-refractivity contribution < 1.29 is 19.1 Å². The Morgan fingerprint density at radius 1 is 0.967 bits per heavy atom. The van der Waals surface area contributed by atoms with Crippen LogP contribution >= 0.6 is 0 Å². The molecule has 0 fully saturated rings. The van der Waals surface area contributed by atoms with E-state index in [9.17, 15) is 9.59 Å². The predicted molar refractivity (Wildman–Crippen MR) is 114 cm³/mol. The number of hydrogen-bond acceptors (Lipinski definition) is 6. The van der Waals surface area contributed by atoms with E-state index in [0.717, 1.165) is 11.1 Å². The first-order valence-corrected chi connectivity index (χ1v) is 9.86. The van der Waals surface area contributed by atoms with Gasteiger partial charge in [0.2, 0.25) is 0 Å². The van der Waals surface area contributed by atoms with E-state index in [4.69, 9.17) is 9.47 Å². The van der Waals surface area contributed by atoms with Gasteiger partial charge < -0.3 is 14.8 Å². The van der Waals surface area contributed by atoms with Gasteiger partial charge in [0.05, 0.1) is 18.2 Å².